The van der Waals surface area contributed by atoms with Gasteiger partial charge in [0.05, 0.1) is 0 Å². The van der Waals surface area contributed by atoms with Crippen molar-refractivity contribution in [2.45, 2.75) is 57.4 Å². The highest BCUT2D eigenvalue weighted by molar-refractivity contribution is 5.52. The average molecular weight is 246 g/mol. The molecule has 1 aromatic rings. The summed E-state index contributed by atoms with van der Waals surface area (Å²) >= 11 is 0. The second-order valence-electron chi connectivity index (χ2n) is 5.69. The summed E-state index contributed by atoms with van der Waals surface area (Å²) < 4.78 is 0. The molecule has 18 heavy (non-hydrogen) atoms. The third-order valence-electron chi connectivity index (χ3n) is 4.25. The lowest BCUT2D eigenvalue weighted by molar-refractivity contribution is 0.351. The second-order valence-corrected chi connectivity index (χ2v) is 5.69. The van der Waals surface area contributed by atoms with Crippen LogP contribution in [0.1, 0.15) is 50.5 Å². The van der Waals surface area contributed by atoms with Gasteiger partial charge in [-0.05, 0) is 31.4 Å². The lowest BCUT2D eigenvalue weighted by Gasteiger charge is -2.37. The van der Waals surface area contributed by atoms with E-state index in [0.29, 0.717) is 0 Å². The van der Waals surface area contributed by atoms with Crippen LogP contribution in [0.3, 0.4) is 0 Å². The van der Waals surface area contributed by atoms with Crippen molar-refractivity contribution in [2.75, 3.05) is 11.9 Å². The Balaban J connectivity index is 2.13. The molecular formula is C16H26N2. The van der Waals surface area contributed by atoms with Gasteiger partial charge >= 0.3 is 0 Å². The van der Waals surface area contributed by atoms with Crippen molar-refractivity contribution in [3.05, 3.63) is 29.8 Å². The Labute approximate surface area is 111 Å². The molecule has 100 valence electrons. The van der Waals surface area contributed by atoms with Gasteiger partial charge in [-0.15, -0.1) is 0 Å². The molecular weight excluding hydrogens is 220 g/mol. The molecule has 0 radical (unpaired) electrons. The van der Waals surface area contributed by atoms with E-state index in [-0.39, 0.29) is 5.54 Å². The van der Waals surface area contributed by atoms with Crippen molar-refractivity contribution in [1.82, 2.24) is 0 Å². The number of rotatable bonds is 3. The summed E-state index contributed by atoms with van der Waals surface area (Å²) in [5, 5.41) is 3.76. The van der Waals surface area contributed by atoms with Crippen LogP contribution in [-0.2, 0) is 0 Å². The summed E-state index contributed by atoms with van der Waals surface area (Å²) in [6.07, 6.45) is 9.13. The molecule has 1 aromatic carbocycles. The summed E-state index contributed by atoms with van der Waals surface area (Å²) in [5.74, 6) is 0. The molecule has 1 fully saturated rings. The SMILES string of the molecule is Cc1ccccc1NC1(CN)CCCCCCC1. The fraction of sp³-hybridized carbons (Fsp3) is 0.625. The predicted molar refractivity (Wildman–Crippen MR) is 78.9 cm³/mol. The van der Waals surface area contributed by atoms with E-state index in [1.165, 1.54) is 56.2 Å². The number of para-hydroxylation sites is 1. The first kappa shape index (κ1) is 13.4. The monoisotopic (exact) mass is 246 g/mol. The smallest absolute Gasteiger partial charge is 0.0495 e. The summed E-state index contributed by atoms with van der Waals surface area (Å²) in [6, 6.07) is 8.53. The minimum absolute atomic E-state index is 0.118. The van der Waals surface area contributed by atoms with Crippen LogP contribution in [0.5, 0.6) is 0 Å². The molecule has 0 spiro atoms. The lowest BCUT2D eigenvalue weighted by Crippen LogP contribution is -2.46. The summed E-state index contributed by atoms with van der Waals surface area (Å²) in [6.45, 7) is 2.90. The van der Waals surface area contributed by atoms with Gasteiger partial charge < -0.3 is 11.1 Å². The number of nitrogens with two attached hydrogens (primary N) is 1. The minimum atomic E-state index is 0.118. The third-order valence-corrected chi connectivity index (χ3v) is 4.25. The van der Waals surface area contributed by atoms with Crippen molar-refractivity contribution in [3.8, 4) is 0 Å². The van der Waals surface area contributed by atoms with Crippen molar-refractivity contribution < 1.29 is 0 Å². The highest BCUT2D eigenvalue weighted by atomic mass is 15.0. The van der Waals surface area contributed by atoms with Crippen molar-refractivity contribution in [1.29, 1.82) is 0 Å². The molecule has 0 amide bonds. The Kier molecular flexibility index (Phi) is 4.65. The molecule has 2 rings (SSSR count). The molecule has 1 aliphatic carbocycles. The molecule has 1 saturated carbocycles. The van der Waals surface area contributed by atoms with Gasteiger partial charge in [0.15, 0.2) is 0 Å². The summed E-state index contributed by atoms with van der Waals surface area (Å²) in [5.41, 5.74) is 8.78. The first-order valence-corrected chi connectivity index (χ1v) is 7.30. The predicted octanol–water partition coefficient (Wildman–Crippen LogP) is 3.85. The number of benzene rings is 1. The van der Waals surface area contributed by atoms with Gasteiger partial charge in [-0.3, -0.25) is 0 Å². The summed E-state index contributed by atoms with van der Waals surface area (Å²) in [7, 11) is 0. The lowest BCUT2D eigenvalue weighted by atomic mass is 9.83. The molecule has 2 nitrogen and oxygen atoms in total. The zero-order valence-corrected chi connectivity index (χ0v) is 11.5. The topological polar surface area (TPSA) is 38.0 Å². The fourth-order valence-corrected chi connectivity index (χ4v) is 2.96. The van der Waals surface area contributed by atoms with Crippen molar-refractivity contribution in [3.63, 3.8) is 0 Å². The molecule has 3 N–H and O–H groups in total. The Morgan fingerprint density at radius 1 is 1.06 bits per heavy atom. The molecule has 0 atom stereocenters. The van der Waals surface area contributed by atoms with Gasteiger partial charge in [0, 0.05) is 17.8 Å². The van der Waals surface area contributed by atoms with Crippen LogP contribution in [0.25, 0.3) is 0 Å². The molecule has 0 aromatic heterocycles. The van der Waals surface area contributed by atoms with E-state index in [9.17, 15) is 0 Å². The van der Waals surface area contributed by atoms with Crippen LogP contribution in [-0.4, -0.2) is 12.1 Å². The van der Waals surface area contributed by atoms with Crippen LogP contribution < -0.4 is 11.1 Å². The van der Waals surface area contributed by atoms with Gasteiger partial charge in [-0.25, -0.2) is 0 Å². The van der Waals surface area contributed by atoms with Gasteiger partial charge in [0.2, 0.25) is 0 Å². The number of anilines is 1. The van der Waals surface area contributed by atoms with Gasteiger partial charge in [0.1, 0.15) is 0 Å². The number of nitrogens with one attached hydrogen (secondary N) is 1. The van der Waals surface area contributed by atoms with Gasteiger partial charge in [-0.2, -0.15) is 0 Å². The zero-order valence-electron chi connectivity index (χ0n) is 11.5. The Morgan fingerprint density at radius 2 is 1.67 bits per heavy atom. The van der Waals surface area contributed by atoms with E-state index in [0.717, 1.165) is 6.54 Å². The van der Waals surface area contributed by atoms with Crippen LogP contribution in [0.4, 0.5) is 5.69 Å². The van der Waals surface area contributed by atoms with Crippen LogP contribution in [0.15, 0.2) is 24.3 Å². The normalized spacial score (nSPS) is 19.9. The van der Waals surface area contributed by atoms with Gasteiger partial charge in [0.25, 0.3) is 0 Å². The van der Waals surface area contributed by atoms with E-state index in [1.54, 1.807) is 0 Å². The van der Waals surface area contributed by atoms with Gasteiger partial charge in [-0.1, -0.05) is 50.3 Å². The molecule has 0 heterocycles. The molecule has 1 aliphatic rings. The quantitative estimate of drug-likeness (QED) is 0.850. The number of hydrogen-bond donors (Lipinski definition) is 2. The third kappa shape index (κ3) is 3.26. The van der Waals surface area contributed by atoms with E-state index in [2.05, 4.69) is 36.5 Å². The van der Waals surface area contributed by atoms with Crippen LogP contribution in [0.2, 0.25) is 0 Å². The van der Waals surface area contributed by atoms with Crippen LogP contribution >= 0.6 is 0 Å². The van der Waals surface area contributed by atoms with Crippen LogP contribution in [0, 0.1) is 6.92 Å². The maximum absolute atomic E-state index is 6.09. The van der Waals surface area contributed by atoms with E-state index < -0.39 is 0 Å². The molecule has 2 heteroatoms. The maximum atomic E-state index is 6.09. The maximum Gasteiger partial charge on any atom is 0.0495 e. The molecule has 0 unspecified atom stereocenters. The highest BCUT2D eigenvalue weighted by Gasteiger charge is 2.28. The minimum Gasteiger partial charge on any atom is -0.378 e. The standard InChI is InChI=1S/C16H26N2/c1-14-9-5-6-10-15(14)18-16(13-17)11-7-3-2-4-8-12-16/h5-6,9-10,18H,2-4,7-8,11-13,17H2,1H3. The van der Waals surface area contributed by atoms with E-state index in [4.69, 9.17) is 5.73 Å². The largest absolute Gasteiger partial charge is 0.378 e. The first-order valence-electron chi connectivity index (χ1n) is 7.30. The van der Waals surface area contributed by atoms with Crippen molar-refractivity contribution in [2.24, 2.45) is 5.73 Å². The number of hydrogen-bond acceptors (Lipinski definition) is 2. The average Bonchev–Trinajstić information content (AvgIpc) is 2.35. The Hall–Kier alpha value is -1.02. The van der Waals surface area contributed by atoms with Crippen molar-refractivity contribution >= 4 is 5.69 Å². The second kappa shape index (κ2) is 6.24. The van der Waals surface area contributed by atoms with E-state index in [1.807, 2.05) is 0 Å². The number of aryl methyl sites for hydroxylation is 1. The van der Waals surface area contributed by atoms with E-state index >= 15 is 0 Å². The highest BCUT2D eigenvalue weighted by Crippen LogP contribution is 2.30. The molecule has 0 aliphatic heterocycles. The fourth-order valence-electron chi connectivity index (χ4n) is 2.96. The zero-order chi connectivity index (χ0) is 12.8. The summed E-state index contributed by atoms with van der Waals surface area (Å²) in [4.78, 5) is 0. The Morgan fingerprint density at radius 3 is 2.28 bits per heavy atom. The Bertz CT molecular complexity index is 365. The molecule has 0 bridgehead atoms. The molecule has 0 saturated heterocycles. The first-order chi connectivity index (χ1) is 8.76.